The monoisotopic (exact) mass is 445 g/mol. The number of nitrogens with one attached hydrogen (secondary N) is 3. The molecule has 3 rings (SSSR count). The van der Waals surface area contributed by atoms with Gasteiger partial charge in [-0.1, -0.05) is 26.0 Å². The molecule has 8 nitrogen and oxygen atoms in total. The molecule has 3 N–H and O–H groups in total. The molecule has 0 aromatic heterocycles. The number of morpholine rings is 1. The molecule has 1 aromatic carbocycles. The summed E-state index contributed by atoms with van der Waals surface area (Å²) in [6, 6.07) is 8.28. The Morgan fingerprint density at radius 1 is 1.22 bits per heavy atom. The Bertz CT molecular complexity index is 743. The predicted octanol–water partition coefficient (Wildman–Crippen LogP) is 2.22. The van der Waals surface area contributed by atoms with E-state index in [2.05, 4.69) is 41.6 Å². The minimum Gasteiger partial charge on any atom is -0.379 e. The average molecular weight is 446 g/mol. The van der Waals surface area contributed by atoms with Crippen LogP contribution in [0.15, 0.2) is 29.3 Å². The fourth-order valence-electron chi connectivity index (χ4n) is 4.16. The van der Waals surface area contributed by atoms with Crippen molar-refractivity contribution in [3.63, 3.8) is 0 Å². The lowest BCUT2D eigenvalue weighted by Gasteiger charge is -2.37. The molecule has 178 valence electrons. The van der Waals surface area contributed by atoms with E-state index >= 15 is 0 Å². The van der Waals surface area contributed by atoms with Gasteiger partial charge in [0.25, 0.3) is 5.91 Å². The van der Waals surface area contributed by atoms with Crippen molar-refractivity contribution in [3.8, 4) is 0 Å². The van der Waals surface area contributed by atoms with Crippen LogP contribution >= 0.6 is 0 Å². The molecule has 1 aromatic rings. The summed E-state index contributed by atoms with van der Waals surface area (Å²) >= 11 is 0. The summed E-state index contributed by atoms with van der Waals surface area (Å²) in [5.41, 5.74) is 1.82. The Morgan fingerprint density at radius 2 is 2.03 bits per heavy atom. The van der Waals surface area contributed by atoms with Crippen molar-refractivity contribution in [1.82, 2.24) is 15.5 Å². The van der Waals surface area contributed by atoms with E-state index in [4.69, 9.17) is 14.5 Å². The van der Waals surface area contributed by atoms with Gasteiger partial charge in [0.05, 0.1) is 19.8 Å². The van der Waals surface area contributed by atoms with Gasteiger partial charge in [-0.05, 0) is 43.4 Å². The maximum Gasteiger partial charge on any atom is 0.253 e. The highest BCUT2D eigenvalue weighted by atomic mass is 16.5. The Labute approximate surface area is 192 Å². The van der Waals surface area contributed by atoms with Gasteiger partial charge < -0.3 is 25.4 Å². The number of anilines is 1. The van der Waals surface area contributed by atoms with Gasteiger partial charge in [-0.25, -0.2) is 4.99 Å². The van der Waals surface area contributed by atoms with E-state index in [1.807, 2.05) is 24.3 Å². The summed E-state index contributed by atoms with van der Waals surface area (Å²) in [5, 5.41) is 9.83. The maximum atomic E-state index is 12.3. The zero-order valence-corrected chi connectivity index (χ0v) is 19.7. The van der Waals surface area contributed by atoms with Crippen LogP contribution in [0.3, 0.4) is 0 Å². The topological polar surface area (TPSA) is 87.2 Å². The standard InChI is InChI=1S/C24H39N5O3/c1-4-25-24(27-17-21(18(2)3)29-10-13-31-14-11-29)26-16-19-7-5-8-20(15-19)28-23(30)22-9-6-12-32-22/h5,7-8,15,18,21-22H,4,6,9-14,16-17H2,1-3H3,(H,28,30)(H2,25,26,27). The van der Waals surface area contributed by atoms with Crippen molar-refractivity contribution >= 4 is 17.6 Å². The number of guanidine groups is 1. The van der Waals surface area contributed by atoms with Crippen LogP contribution < -0.4 is 16.0 Å². The summed E-state index contributed by atoms with van der Waals surface area (Å²) in [5.74, 6) is 1.27. The number of amides is 1. The molecule has 2 saturated heterocycles. The van der Waals surface area contributed by atoms with E-state index in [9.17, 15) is 4.79 Å². The maximum absolute atomic E-state index is 12.3. The molecule has 0 spiro atoms. The summed E-state index contributed by atoms with van der Waals surface area (Å²) in [4.78, 5) is 19.6. The number of carbonyl (C=O) groups excluding carboxylic acids is 1. The number of hydrogen-bond donors (Lipinski definition) is 3. The van der Waals surface area contributed by atoms with E-state index in [1.54, 1.807) is 0 Å². The van der Waals surface area contributed by atoms with Gasteiger partial charge >= 0.3 is 0 Å². The number of ether oxygens (including phenoxy) is 2. The number of aliphatic imine (C=N–C) groups is 1. The van der Waals surface area contributed by atoms with Crippen molar-refractivity contribution in [1.29, 1.82) is 0 Å². The SMILES string of the molecule is CCNC(=NCc1cccc(NC(=O)C2CCCO2)c1)NCC(C(C)C)N1CCOCC1. The first-order chi connectivity index (χ1) is 15.6. The van der Waals surface area contributed by atoms with Crippen LogP contribution in [0, 0.1) is 5.92 Å². The predicted molar refractivity (Wildman–Crippen MR) is 128 cm³/mol. The lowest BCUT2D eigenvalue weighted by Crippen LogP contribution is -2.52. The fourth-order valence-corrected chi connectivity index (χ4v) is 4.16. The van der Waals surface area contributed by atoms with Gasteiger partial charge in [-0.15, -0.1) is 0 Å². The van der Waals surface area contributed by atoms with Crippen molar-refractivity contribution in [2.24, 2.45) is 10.9 Å². The Morgan fingerprint density at radius 3 is 2.72 bits per heavy atom. The van der Waals surface area contributed by atoms with E-state index in [1.165, 1.54) is 0 Å². The first-order valence-corrected chi connectivity index (χ1v) is 11.9. The van der Waals surface area contributed by atoms with E-state index in [0.717, 1.165) is 69.4 Å². The van der Waals surface area contributed by atoms with Crippen LogP contribution in [0.25, 0.3) is 0 Å². The normalized spacial score (nSPS) is 20.9. The third kappa shape index (κ3) is 7.46. The summed E-state index contributed by atoms with van der Waals surface area (Å²) < 4.78 is 11.0. The van der Waals surface area contributed by atoms with Crippen molar-refractivity contribution in [2.45, 2.75) is 52.3 Å². The molecule has 8 heteroatoms. The van der Waals surface area contributed by atoms with Gasteiger partial charge in [0.1, 0.15) is 6.10 Å². The first-order valence-electron chi connectivity index (χ1n) is 11.9. The lowest BCUT2D eigenvalue weighted by molar-refractivity contribution is -0.124. The third-order valence-corrected chi connectivity index (χ3v) is 5.94. The van der Waals surface area contributed by atoms with Crippen molar-refractivity contribution in [3.05, 3.63) is 29.8 Å². The van der Waals surface area contributed by atoms with E-state index < -0.39 is 0 Å². The van der Waals surface area contributed by atoms with Crippen LogP contribution in [0.2, 0.25) is 0 Å². The minimum absolute atomic E-state index is 0.0685. The highest BCUT2D eigenvalue weighted by Gasteiger charge is 2.24. The van der Waals surface area contributed by atoms with E-state index in [-0.39, 0.29) is 12.0 Å². The molecule has 0 saturated carbocycles. The Hall–Kier alpha value is -2.16. The van der Waals surface area contributed by atoms with Crippen molar-refractivity contribution < 1.29 is 14.3 Å². The van der Waals surface area contributed by atoms with Gasteiger partial charge in [0.2, 0.25) is 0 Å². The molecule has 2 aliphatic rings. The smallest absolute Gasteiger partial charge is 0.253 e. The highest BCUT2D eigenvalue weighted by Crippen LogP contribution is 2.17. The number of nitrogens with zero attached hydrogens (tertiary/aromatic N) is 2. The molecular formula is C24H39N5O3. The number of carbonyl (C=O) groups is 1. The molecule has 32 heavy (non-hydrogen) atoms. The zero-order valence-electron chi connectivity index (χ0n) is 19.7. The van der Waals surface area contributed by atoms with Crippen LogP contribution in [-0.4, -0.2) is 74.9 Å². The van der Waals surface area contributed by atoms with Crippen molar-refractivity contribution in [2.75, 3.05) is 51.3 Å². The third-order valence-electron chi connectivity index (χ3n) is 5.94. The van der Waals surface area contributed by atoms with Crippen LogP contribution in [0.4, 0.5) is 5.69 Å². The number of rotatable bonds is 9. The fraction of sp³-hybridized carbons (Fsp3) is 0.667. The van der Waals surface area contributed by atoms with Crippen LogP contribution in [0.1, 0.15) is 39.2 Å². The highest BCUT2D eigenvalue weighted by molar-refractivity contribution is 5.94. The lowest BCUT2D eigenvalue weighted by atomic mass is 10.0. The first kappa shape index (κ1) is 24.5. The molecule has 2 fully saturated rings. The molecule has 2 heterocycles. The van der Waals surface area contributed by atoms with Crippen LogP contribution in [0.5, 0.6) is 0 Å². The minimum atomic E-state index is -0.332. The number of hydrogen-bond acceptors (Lipinski definition) is 5. The second kappa shape index (κ2) is 12.8. The Kier molecular flexibility index (Phi) is 9.77. The second-order valence-corrected chi connectivity index (χ2v) is 8.73. The van der Waals surface area contributed by atoms with Crippen LogP contribution in [-0.2, 0) is 20.8 Å². The quantitative estimate of drug-likeness (QED) is 0.399. The summed E-state index contributed by atoms with van der Waals surface area (Å²) in [6.07, 6.45) is 1.40. The molecule has 0 radical (unpaired) electrons. The molecule has 1 amide bonds. The summed E-state index contributed by atoms with van der Waals surface area (Å²) in [6.45, 7) is 13.0. The zero-order chi connectivity index (χ0) is 22.8. The molecule has 2 aliphatic heterocycles. The number of benzene rings is 1. The average Bonchev–Trinajstić information content (AvgIpc) is 3.33. The molecule has 0 bridgehead atoms. The molecule has 2 unspecified atom stereocenters. The summed E-state index contributed by atoms with van der Waals surface area (Å²) in [7, 11) is 0. The second-order valence-electron chi connectivity index (χ2n) is 8.73. The van der Waals surface area contributed by atoms with Gasteiger partial charge in [-0.2, -0.15) is 0 Å². The van der Waals surface area contributed by atoms with Gasteiger partial charge in [-0.3, -0.25) is 9.69 Å². The Balaban J connectivity index is 1.57. The van der Waals surface area contributed by atoms with E-state index in [0.29, 0.717) is 25.1 Å². The van der Waals surface area contributed by atoms with Gasteiger partial charge in [0.15, 0.2) is 5.96 Å². The van der Waals surface area contributed by atoms with Gasteiger partial charge in [0, 0.05) is 44.5 Å². The molecule has 0 aliphatic carbocycles. The largest absolute Gasteiger partial charge is 0.379 e. The molecule has 2 atom stereocenters. The molecular weight excluding hydrogens is 406 g/mol.